The highest BCUT2D eigenvalue weighted by atomic mass is 16.4. The lowest BCUT2D eigenvalue weighted by molar-refractivity contribution is -0.136. The third-order valence-electron chi connectivity index (χ3n) is 4.42. The van der Waals surface area contributed by atoms with Crippen LogP contribution in [0.2, 0.25) is 0 Å². The van der Waals surface area contributed by atoms with Crippen molar-refractivity contribution in [2.24, 2.45) is 0 Å². The number of hydrogen-bond acceptors (Lipinski definition) is 3. The van der Waals surface area contributed by atoms with E-state index in [2.05, 4.69) is 16.7 Å². The molecule has 2 aromatic carbocycles. The van der Waals surface area contributed by atoms with E-state index < -0.39 is 5.97 Å². The lowest BCUT2D eigenvalue weighted by Gasteiger charge is -2.10. The van der Waals surface area contributed by atoms with Gasteiger partial charge < -0.3 is 15.7 Å². The molecule has 0 fully saturated rings. The number of anilines is 1. The Labute approximate surface area is 151 Å². The topological polar surface area (TPSA) is 95.5 Å². The average Bonchev–Trinajstić information content (AvgIpc) is 3.10. The number of amides is 2. The first-order valence-corrected chi connectivity index (χ1v) is 8.57. The van der Waals surface area contributed by atoms with Crippen molar-refractivity contribution >= 4 is 23.5 Å². The van der Waals surface area contributed by atoms with Gasteiger partial charge in [0.2, 0.25) is 0 Å². The maximum absolute atomic E-state index is 12.6. The molecular weight excluding hydrogens is 332 g/mol. The van der Waals surface area contributed by atoms with Crippen LogP contribution in [0.4, 0.5) is 5.69 Å². The van der Waals surface area contributed by atoms with Gasteiger partial charge in [0, 0.05) is 23.4 Å². The third-order valence-corrected chi connectivity index (χ3v) is 4.42. The predicted molar refractivity (Wildman–Crippen MR) is 97.4 cm³/mol. The molecule has 3 N–H and O–H groups in total. The van der Waals surface area contributed by atoms with Crippen molar-refractivity contribution in [3.8, 4) is 0 Å². The molecule has 6 nitrogen and oxygen atoms in total. The molecule has 0 saturated carbocycles. The number of nitrogens with one attached hydrogen (secondary N) is 2. The van der Waals surface area contributed by atoms with Crippen LogP contribution in [0, 0.1) is 0 Å². The SMILES string of the molecule is O=C(O)CCNC(=O)c1ccc(NC(=O)c2cccc3c2CCC3)cc1. The minimum atomic E-state index is -0.962. The fraction of sp³-hybridized carbons (Fsp3) is 0.250. The second-order valence-electron chi connectivity index (χ2n) is 6.23. The highest BCUT2D eigenvalue weighted by molar-refractivity contribution is 6.06. The number of benzene rings is 2. The normalized spacial score (nSPS) is 12.3. The second-order valence-corrected chi connectivity index (χ2v) is 6.23. The number of carbonyl (C=O) groups excluding carboxylic acids is 2. The van der Waals surface area contributed by atoms with Crippen molar-refractivity contribution < 1.29 is 19.5 Å². The maximum Gasteiger partial charge on any atom is 0.305 e. The summed E-state index contributed by atoms with van der Waals surface area (Å²) < 4.78 is 0. The van der Waals surface area contributed by atoms with E-state index in [9.17, 15) is 14.4 Å². The highest BCUT2D eigenvalue weighted by Gasteiger charge is 2.18. The van der Waals surface area contributed by atoms with Gasteiger partial charge in [-0.25, -0.2) is 0 Å². The van der Waals surface area contributed by atoms with Crippen LogP contribution >= 0.6 is 0 Å². The number of carboxylic acids is 1. The van der Waals surface area contributed by atoms with E-state index in [1.165, 1.54) is 5.56 Å². The van der Waals surface area contributed by atoms with E-state index in [-0.39, 0.29) is 24.8 Å². The zero-order valence-corrected chi connectivity index (χ0v) is 14.2. The summed E-state index contributed by atoms with van der Waals surface area (Å²) in [6, 6.07) is 12.3. The average molecular weight is 352 g/mol. The minimum Gasteiger partial charge on any atom is -0.481 e. The van der Waals surface area contributed by atoms with Gasteiger partial charge in [-0.2, -0.15) is 0 Å². The summed E-state index contributed by atoms with van der Waals surface area (Å²) in [7, 11) is 0. The van der Waals surface area contributed by atoms with Crippen LogP contribution in [-0.4, -0.2) is 29.4 Å². The molecule has 1 aliphatic rings. The molecule has 0 aromatic heterocycles. The van der Waals surface area contributed by atoms with E-state index in [4.69, 9.17) is 5.11 Å². The fourth-order valence-electron chi connectivity index (χ4n) is 3.12. The maximum atomic E-state index is 12.6. The van der Waals surface area contributed by atoms with Crippen LogP contribution < -0.4 is 10.6 Å². The van der Waals surface area contributed by atoms with Crippen molar-refractivity contribution in [3.05, 3.63) is 64.7 Å². The van der Waals surface area contributed by atoms with Gasteiger partial charge in [0.15, 0.2) is 0 Å². The first-order valence-electron chi connectivity index (χ1n) is 8.57. The predicted octanol–water partition coefficient (Wildman–Crippen LogP) is 2.63. The molecule has 6 heteroatoms. The molecule has 2 amide bonds. The molecule has 0 radical (unpaired) electrons. The molecular formula is C20H20N2O4. The Morgan fingerprint density at radius 3 is 2.46 bits per heavy atom. The van der Waals surface area contributed by atoms with Gasteiger partial charge in [0.25, 0.3) is 11.8 Å². The molecule has 0 spiro atoms. The van der Waals surface area contributed by atoms with Crippen LogP contribution in [0.15, 0.2) is 42.5 Å². The number of carbonyl (C=O) groups is 3. The van der Waals surface area contributed by atoms with Crippen molar-refractivity contribution in [1.29, 1.82) is 0 Å². The van der Waals surface area contributed by atoms with Gasteiger partial charge in [0.1, 0.15) is 0 Å². The summed E-state index contributed by atoms with van der Waals surface area (Å²) in [5.41, 5.74) is 4.09. The molecule has 0 bridgehead atoms. The van der Waals surface area contributed by atoms with Crippen molar-refractivity contribution in [3.63, 3.8) is 0 Å². The van der Waals surface area contributed by atoms with Gasteiger partial charge in [-0.1, -0.05) is 12.1 Å². The summed E-state index contributed by atoms with van der Waals surface area (Å²) in [5, 5.41) is 14.0. The lowest BCUT2D eigenvalue weighted by atomic mass is 10.0. The molecule has 0 aliphatic heterocycles. The van der Waals surface area contributed by atoms with Gasteiger partial charge in [-0.15, -0.1) is 0 Å². The molecule has 1 aliphatic carbocycles. The zero-order valence-electron chi connectivity index (χ0n) is 14.2. The van der Waals surface area contributed by atoms with E-state index in [1.54, 1.807) is 24.3 Å². The number of fused-ring (bicyclic) bond motifs is 1. The molecule has 2 aromatic rings. The first kappa shape index (κ1) is 17.7. The Bertz CT molecular complexity index is 843. The molecule has 0 heterocycles. The summed E-state index contributed by atoms with van der Waals surface area (Å²) in [4.78, 5) is 34.9. The van der Waals surface area contributed by atoms with Crippen LogP contribution in [0.5, 0.6) is 0 Å². The van der Waals surface area contributed by atoms with Crippen LogP contribution in [0.3, 0.4) is 0 Å². The Hall–Kier alpha value is -3.15. The Balaban J connectivity index is 1.63. The van der Waals surface area contributed by atoms with Gasteiger partial charge >= 0.3 is 5.97 Å². The van der Waals surface area contributed by atoms with Gasteiger partial charge in [0.05, 0.1) is 6.42 Å². The smallest absolute Gasteiger partial charge is 0.305 e. The van der Waals surface area contributed by atoms with Crippen molar-refractivity contribution in [1.82, 2.24) is 5.32 Å². The molecule has 0 atom stereocenters. The summed E-state index contributed by atoms with van der Waals surface area (Å²) >= 11 is 0. The third kappa shape index (κ3) is 4.08. The molecule has 0 saturated heterocycles. The van der Waals surface area contributed by atoms with E-state index in [0.717, 1.165) is 24.8 Å². The Morgan fingerprint density at radius 2 is 1.73 bits per heavy atom. The highest BCUT2D eigenvalue weighted by Crippen LogP contribution is 2.25. The van der Waals surface area contributed by atoms with Crippen molar-refractivity contribution in [2.75, 3.05) is 11.9 Å². The quantitative estimate of drug-likeness (QED) is 0.745. The summed E-state index contributed by atoms with van der Waals surface area (Å²) in [6.07, 6.45) is 2.89. The monoisotopic (exact) mass is 352 g/mol. The zero-order chi connectivity index (χ0) is 18.5. The largest absolute Gasteiger partial charge is 0.481 e. The molecule has 0 unspecified atom stereocenters. The van der Waals surface area contributed by atoms with Gasteiger partial charge in [-0.3, -0.25) is 14.4 Å². The van der Waals surface area contributed by atoms with E-state index in [0.29, 0.717) is 16.8 Å². The number of aryl methyl sites for hydroxylation is 1. The van der Waals surface area contributed by atoms with Crippen LogP contribution in [0.25, 0.3) is 0 Å². The lowest BCUT2D eigenvalue weighted by Crippen LogP contribution is -2.25. The molecule has 134 valence electrons. The Kier molecular flexibility index (Phi) is 5.31. The summed E-state index contributed by atoms with van der Waals surface area (Å²) in [5.74, 6) is -1.46. The van der Waals surface area contributed by atoms with Crippen LogP contribution in [0.1, 0.15) is 44.7 Å². The first-order chi connectivity index (χ1) is 12.5. The minimum absolute atomic E-state index is 0.0752. The molecule has 3 rings (SSSR count). The van der Waals surface area contributed by atoms with E-state index in [1.807, 2.05) is 12.1 Å². The van der Waals surface area contributed by atoms with Crippen LogP contribution in [-0.2, 0) is 17.6 Å². The number of rotatable bonds is 6. The van der Waals surface area contributed by atoms with Crippen molar-refractivity contribution in [2.45, 2.75) is 25.7 Å². The summed E-state index contributed by atoms with van der Waals surface area (Å²) in [6.45, 7) is 0.0752. The van der Waals surface area contributed by atoms with E-state index >= 15 is 0 Å². The fourth-order valence-corrected chi connectivity index (χ4v) is 3.12. The Morgan fingerprint density at radius 1 is 0.962 bits per heavy atom. The second kappa shape index (κ2) is 7.82. The molecule has 26 heavy (non-hydrogen) atoms. The standard InChI is InChI=1S/C20H20N2O4/c23-18(24)11-12-21-19(25)14-7-9-15(10-8-14)22-20(26)17-6-2-4-13-3-1-5-16(13)17/h2,4,6-10H,1,3,5,11-12H2,(H,21,25)(H,22,26)(H,23,24). The number of carboxylic acid groups (broad SMARTS) is 1. The van der Waals surface area contributed by atoms with Gasteiger partial charge in [-0.05, 0) is 60.7 Å². The number of hydrogen-bond donors (Lipinski definition) is 3. The number of aliphatic carboxylic acids is 1.